The van der Waals surface area contributed by atoms with Crippen molar-refractivity contribution in [3.8, 4) is 5.69 Å². The molecule has 0 fully saturated rings. The number of benzene rings is 1. The van der Waals surface area contributed by atoms with Gasteiger partial charge >= 0.3 is 0 Å². The van der Waals surface area contributed by atoms with Crippen molar-refractivity contribution in [1.29, 1.82) is 0 Å². The van der Waals surface area contributed by atoms with E-state index in [0.717, 1.165) is 48.0 Å². The van der Waals surface area contributed by atoms with Crippen molar-refractivity contribution in [2.75, 3.05) is 0 Å². The Morgan fingerprint density at radius 3 is 2.86 bits per heavy atom. The summed E-state index contributed by atoms with van der Waals surface area (Å²) in [6.07, 6.45) is 10.3. The molecule has 0 bridgehead atoms. The van der Waals surface area contributed by atoms with Crippen molar-refractivity contribution >= 4 is 23.5 Å². The molecule has 4 heterocycles. The standard InChI is InChI=1S/C23H23N5S/c1-16-12-18(5-7-21(16)27-13-17(2)24-15-27)6-8-22-25-23-20(19-9-11-29-14-19)4-3-10-28(23)26-22/h5-9,11-15,20H,3-4,10H2,1-2H3/b8-6+/t20-/m1/s1. The zero-order valence-electron chi connectivity index (χ0n) is 16.6. The zero-order valence-corrected chi connectivity index (χ0v) is 17.4. The lowest BCUT2D eigenvalue weighted by Gasteiger charge is -2.21. The number of hydrogen-bond acceptors (Lipinski definition) is 4. The fourth-order valence-corrected chi connectivity index (χ4v) is 4.74. The number of imidazole rings is 1. The van der Waals surface area contributed by atoms with Crippen LogP contribution >= 0.6 is 11.3 Å². The smallest absolute Gasteiger partial charge is 0.174 e. The second-order valence-electron chi connectivity index (χ2n) is 7.60. The molecular formula is C23H23N5S. The average Bonchev–Trinajstić information content (AvgIpc) is 3.46. The lowest BCUT2D eigenvalue weighted by molar-refractivity contribution is 0.446. The number of hydrogen-bond donors (Lipinski definition) is 0. The number of aryl methyl sites for hydroxylation is 3. The number of aromatic nitrogens is 5. The fourth-order valence-electron chi connectivity index (χ4n) is 4.02. The van der Waals surface area contributed by atoms with Gasteiger partial charge in [0.25, 0.3) is 0 Å². The van der Waals surface area contributed by atoms with E-state index in [4.69, 9.17) is 10.1 Å². The lowest BCUT2D eigenvalue weighted by atomic mass is 9.93. The first-order valence-electron chi connectivity index (χ1n) is 9.94. The summed E-state index contributed by atoms with van der Waals surface area (Å²) in [4.78, 5) is 9.17. The first-order chi connectivity index (χ1) is 14.2. The van der Waals surface area contributed by atoms with Crippen molar-refractivity contribution in [2.45, 2.75) is 39.2 Å². The van der Waals surface area contributed by atoms with Gasteiger partial charge in [-0.25, -0.2) is 14.6 Å². The molecule has 6 heteroatoms. The summed E-state index contributed by atoms with van der Waals surface area (Å²) in [5, 5.41) is 9.10. The Balaban J connectivity index is 1.39. The van der Waals surface area contributed by atoms with E-state index in [-0.39, 0.29) is 0 Å². The Bertz CT molecular complexity index is 1170. The van der Waals surface area contributed by atoms with Crippen LogP contribution in [0.1, 0.15) is 52.8 Å². The third-order valence-corrected chi connectivity index (χ3v) is 6.17. The largest absolute Gasteiger partial charge is 0.306 e. The molecule has 0 unspecified atom stereocenters. The topological polar surface area (TPSA) is 48.5 Å². The second kappa shape index (κ2) is 7.44. The molecule has 5 nitrogen and oxygen atoms in total. The average molecular weight is 402 g/mol. The SMILES string of the molecule is Cc1cn(-c2ccc(/C=C/c3nc4n(n3)CCC[C@@H]4c3ccsc3)cc2C)cn1. The highest BCUT2D eigenvalue weighted by Gasteiger charge is 2.25. The van der Waals surface area contributed by atoms with Gasteiger partial charge in [0.15, 0.2) is 5.82 Å². The molecule has 1 aliphatic heterocycles. The van der Waals surface area contributed by atoms with Crippen LogP contribution in [0.4, 0.5) is 0 Å². The van der Waals surface area contributed by atoms with Crippen LogP contribution in [0.15, 0.2) is 47.5 Å². The van der Waals surface area contributed by atoms with Gasteiger partial charge in [0.2, 0.25) is 0 Å². The first-order valence-corrected chi connectivity index (χ1v) is 10.9. The predicted molar refractivity (Wildman–Crippen MR) is 117 cm³/mol. The van der Waals surface area contributed by atoms with Crippen LogP contribution in [0.25, 0.3) is 17.8 Å². The molecule has 0 aliphatic carbocycles. The normalized spacial score (nSPS) is 16.4. The van der Waals surface area contributed by atoms with Crippen molar-refractivity contribution in [3.05, 3.63) is 81.6 Å². The Hall–Kier alpha value is -2.99. The van der Waals surface area contributed by atoms with Crippen LogP contribution in [-0.4, -0.2) is 24.3 Å². The summed E-state index contributed by atoms with van der Waals surface area (Å²) >= 11 is 1.75. The van der Waals surface area contributed by atoms with Crippen molar-refractivity contribution < 1.29 is 0 Å². The number of nitrogens with zero attached hydrogens (tertiary/aromatic N) is 5. The Morgan fingerprint density at radius 2 is 2.10 bits per heavy atom. The minimum Gasteiger partial charge on any atom is -0.306 e. The van der Waals surface area contributed by atoms with Gasteiger partial charge in [0.05, 0.1) is 12.0 Å². The number of fused-ring (bicyclic) bond motifs is 1. The summed E-state index contributed by atoms with van der Waals surface area (Å²) < 4.78 is 4.15. The summed E-state index contributed by atoms with van der Waals surface area (Å²) in [6.45, 7) is 5.08. The van der Waals surface area contributed by atoms with Crippen LogP contribution in [0.3, 0.4) is 0 Å². The first kappa shape index (κ1) is 18.1. The van der Waals surface area contributed by atoms with E-state index in [2.05, 4.69) is 62.3 Å². The van der Waals surface area contributed by atoms with Crippen molar-refractivity contribution in [2.24, 2.45) is 0 Å². The zero-order chi connectivity index (χ0) is 19.8. The van der Waals surface area contributed by atoms with Gasteiger partial charge in [0.1, 0.15) is 5.82 Å². The van der Waals surface area contributed by atoms with Gasteiger partial charge < -0.3 is 4.57 Å². The van der Waals surface area contributed by atoms with E-state index in [1.807, 2.05) is 25.5 Å². The molecule has 0 radical (unpaired) electrons. The van der Waals surface area contributed by atoms with Crippen LogP contribution < -0.4 is 0 Å². The number of rotatable bonds is 4. The van der Waals surface area contributed by atoms with Gasteiger partial charge in [0, 0.05) is 24.3 Å². The molecule has 3 aromatic heterocycles. The summed E-state index contributed by atoms with van der Waals surface area (Å²) in [5.74, 6) is 2.25. The molecule has 146 valence electrons. The minimum atomic E-state index is 0.366. The Labute approximate surface area is 174 Å². The molecule has 1 atom stereocenters. The molecule has 0 amide bonds. The quantitative estimate of drug-likeness (QED) is 0.470. The number of thiophene rings is 1. The van der Waals surface area contributed by atoms with E-state index in [1.165, 1.54) is 11.1 Å². The van der Waals surface area contributed by atoms with E-state index < -0.39 is 0 Å². The molecule has 1 aromatic carbocycles. The monoisotopic (exact) mass is 401 g/mol. The van der Waals surface area contributed by atoms with E-state index in [9.17, 15) is 0 Å². The molecule has 0 N–H and O–H groups in total. The highest BCUT2D eigenvalue weighted by atomic mass is 32.1. The highest BCUT2D eigenvalue weighted by molar-refractivity contribution is 7.08. The minimum absolute atomic E-state index is 0.366. The summed E-state index contributed by atoms with van der Waals surface area (Å²) in [7, 11) is 0. The highest BCUT2D eigenvalue weighted by Crippen LogP contribution is 2.33. The summed E-state index contributed by atoms with van der Waals surface area (Å²) in [5.41, 5.74) is 5.88. The van der Waals surface area contributed by atoms with E-state index >= 15 is 0 Å². The molecule has 0 spiro atoms. The van der Waals surface area contributed by atoms with E-state index in [1.54, 1.807) is 11.3 Å². The van der Waals surface area contributed by atoms with Crippen LogP contribution in [0.2, 0.25) is 0 Å². The maximum Gasteiger partial charge on any atom is 0.174 e. The molecular weight excluding hydrogens is 378 g/mol. The molecule has 5 rings (SSSR count). The van der Waals surface area contributed by atoms with Gasteiger partial charge in [-0.15, -0.1) is 0 Å². The molecule has 0 saturated heterocycles. The molecule has 1 aliphatic rings. The lowest BCUT2D eigenvalue weighted by Crippen LogP contribution is -2.17. The van der Waals surface area contributed by atoms with Gasteiger partial charge in [-0.3, -0.25) is 0 Å². The van der Waals surface area contributed by atoms with Gasteiger partial charge in [-0.1, -0.05) is 12.1 Å². The van der Waals surface area contributed by atoms with Crippen molar-refractivity contribution in [1.82, 2.24) is 24.3 Å². The fraction of sp³-hybridized carbons (Fsp3) is 0.261. The Morgan fingerprint density at radius 1 is 1.17 bits per heavy atom. The van der Waals surface area contributed by atoms with Crippen LogP contribution in [-0.2, 0) is 6.54 Å². The third kappa shape index (κ3) is 3.56. The van der Waals surface area contributed by atoms with Crippen molar-refractivity contribution in [3.63, 3.8) is 0 Å². The van der Waals surface area contributed by atoms with Gasteiger partial charge in [-0.05, 0) is 78.4 Å². The molecule has 0 saturated carbocycles. The maximum atomic E-state index is 4.85. The van der Waals surface area contributed by atoms with Gasteiger partial charge in [-0.2, -0.15) is 16.4 Å². The summed E-state index contributed by atoms with van der Waals surface area (Å²) in [6, 6.07) is 8.65. The maximum absolute atomic E-state index is 4.85. The molecule has 29 heavy (non-hydrogen) atoms. The third-order valence-electron chi connectivity index (χ3n) is 5.47. The van der Waals surface area contributed by atoms with E-state index in [0.29, 0.717) is 5.92 Å². The van der Waals surface area contributed by atoms with Crippen LogP contribution in [0, 0.1) is 13.8 Å². The second-order valence-corrected chi connectivity index (χ2v) is 8.38. The van der Waals surface area contributed by atoms with Crippen LogP contribution in [0.5, 0.6) is 0 Å². The molecule has 4 aromatic rings. The predicted octanol–water partition coefficient (Wildman–Crippen LogP) is 5.24. The Kier molecular flexibility index (Phi) is 4.64.